The van der Waals surface area contributed by atoms with Crippen LogP contribution in [-0.4, -0.2) is 24.4 Å². The number of alkyl halides is 3. The summed E-state index contributed by atoms with van der Waals surface area (Å²) in [5, 5.41) is 2.94. The van der Waals surface area contributed by atoms with Crippen molar-refractivity contribution >= 4 is 17.3 Å². The van der Waals surface area contributed by atoms with E-state index in [1.54, 1.807) is 0 Å². The monoisotopic (exact) mass is 261 g/mol. The van der Waals surface area contributed by atoms with Gasteiger partial charge in [0.1, 0.15) is 0 Å². The number of hydrogen-bond donors (Lipinski definition) is 1. The molecular formula is C12H14F3NS. The van der Waals surface area contributed by atoms with Gasteiger partial charge >= 0.3 is 5.51 Å². The minimum Gasteiger partial charge on any atom is -0.312 e. The molecule has 1 rings (SSSR count). The van der Waals surface area contributed by atoms with Crippen LogP contribution in [0.4, 0.5) is 13.2 Å². The van der Waals surface area contributed by atoms with Crippen LogP contribution in [0.5, 0.6) is 0 Å². The fourth-order valence-electron chi connectivity index (χ4n) is 1.25. The Labute approximate surface area is 103 Å². The molecule has 0 radical (unpaired) electrons. The molecule has 0 bridgehead atoms. The predicted molar refractivity (Wildman–Crippen MR) is 66.9 cm³/mol. The molecule has 1 nitrogen and oxygen atoms in total. The lowest BCUT2D eigenvalue weighted by atomic mass is 10.1. The van der Waals surface area contributed by atoms with E-state index in [0.717, 1.165) is 11.1 Å². The smallest absolute Gasteiger partial charge is 0.312 e. The quantitative estimate of drug-likeness (QED) is 0.786. The van der Waals surface area contributed by atoms with Gasteiger partial charge < -0.3 is 5.32 Å². The van der Waals surface area contributed by atoms with E-state index in [1.807, 2.05) is 30.3 Å². The molecule has 1 aromatic rings. The number of hydrogen-bond acceptors (Lipinski definition) is 2. The molecule has 0 spiro atoms. The van der Waals surface area contributed by atoms with Crippen LogP contribution in [0, 0.1) is 0 Å². The van der Waals surface area contributed by atoms with Crippen LogP contribution in [0.1, 0.15) is 5.56 Å². The maximum Gasteiger partial charge on any atom is 0.441 e. The molecule has 0 atom stereocenters. The van der Waals surface area contributed by atoms with Crippen LogP contribution in [0.3, 0.4) is 0 Å². The van der Waals surface area contributed by atoms with Gasteiger partial charge in [-0.05, 0) is 22.9 Å². The first-order valence-electron chi connectivity index (χ1n) is 5.13. The number of halogens is 3. The van der Waals surface area contributed by atoms with Crippen molar-refractivity contribution in [3.63, 3.8) is 0 Å². The van der Waals surface area contributed by atoms with Crippen molar-refractivity contribution in [1.82, 2.24) is 5.32 Å². The van der Waals surface area contributed by atoms with E-state index in [-0.39, 0.29) is 17.5 Å². The zero-order chi connectivity index (χ0) is 12.7. The predicted octanol–water partition coefficient (Wildman–Crippen LogP) is 3.54. The van der Waals surface area contributed by atoms with E-state index >= 15 is 0 Å². The van der Waals surface area contributed by atoms with Gasteiger partial charge in [0.05, 0.1) is 0 Å². The molecule has 0 fully saturated rings. The largest absolute Gasteiger partial charge is 0.441 e. The normalized spacial score (nSPS) is 11.5. The van der Waals surface area contributed by atoms with E-state index < -0.39 is 5.51 Å². The molecule has 17 heavy (non-hydrogen) atoms. The lowest BCUT2D eigenvalue weighted by Gasteiger charge is -2.08. The van der Waals surface area contributed by atoms with Crippen molar-refractivity contribution in [1.29, 1.82) is 0 Å². The topological polar surface area (TPSA) is 12.0 Å². The zero-order valence-electron chi connectivity index (χ0n) is 9.26. The second-order valence-corrected chi connectivity index (χ2v) is 4.60. The summed E-state index contributed by atoms with van der Waals surface area (Å²) in [6.07, 6.45) is 0. The van der Waals surface area contributed by atoms with Crippen LogP contribution in [-0.2, 0) is 0 Å². The average Bonchev–Trinajstić information content (AvgIpc) is 2.28. The molecular weight excluding hydrogens is 247 g/mol. The summed E-state index contributed by atoms with van der Waals surface area (Å²) in [5.41, 5.74) is -2.26. The van der Waals surface area contributed by atoms with Gasteiger partial charge in [-0.15, -0.1) is 0 Å². The molecule has 0 saturated carbocycles. The van der Waals surface area contributed by atoms with Gasteiger partial charge in [-0.3, -0.25) is 0 Å². The summed E-state index contributed by atoms with van der Waals surface area (Å²) in [4.78, 5) is 0. The van der Waals surface area contributed by atoms with E-state index in [2.05, 4.69) is 11.9 Å². The lowest BCUT2D eigenvalue weighted by molar-refractivity contribution is -0.0327. The van der Waals surface area contributed by atoms with E-state index in [0.29, 0.717) is 13.1 Å². The Morgan fingerprint density at radius 2 is 1.88 bits per heavy atom. The molecule has 0 amide bonds. The van der Waals surface area contributed by atoms with Crippen molar-refractivity contribution in [2.45, 2.75) is 5.51 Å². The number of thioether (sulfide) groups is 1. The fourth-order valence-corrected chi connectivity index (χ4v) is 1.73. The molecule has 0 heterocycles. The van der Waals surface area contributed by atoms with Gasteiger partial charge in [-0.25, -0.2) is 0 Å². The number of rotatable bonds is 6. The van der Waals surface area contributed by atoms with Gasteiger partial charge in [0.25, 0.3) is 0 Å². The maximum absolute atomic E-state index is 11.8. The first kappa shape index (κ1) is 14.1. The third-order valence-corrected chi connectivity index (χ3v) is 2.80. The van der Waals surface area contributed by atoms with E-state index in [1.165, 1.54) is 0 Å². The van der Waals surface area contributed by atoms with Crippen LogP contribution >= 0.6 is 11.8 Å². The SMILES string of the molecule is C=C(CNCCSC(F)(F)F)c1ccccc1. The van der Waals surface area contributed by atoms with Crippen molar-refractivity contribution in [2.24, 2.45) is 0 Å². The van der Waals surface area contributed by atoms with Crippen LogP contribution < -0.4 is 5.32 Å². The van der Waals surface area contributed by atoms with Crippen LogP contribution in [0.15, 0.2) is 36.9 Å². The number of nitrogens with one attached hydrogen (secondary N) is 1. The molecule has 0 aliphatic heterocycles. The summed E-state index contributed by atoms with van der Waals surface area (Å²) in [6, 6.07) is 9.56. The van der Waals surface area contributed by atoms with Crippen LogP contribution in [0.2, 0.25) is 0 Å². The summed E-state index contributed by atoms with van der Waals surface area (Å²) in [5.74, 6) is 0.0194. The Morgan fingerprint density at radius 3 is 2.47 bits per heavy atom. The summed E-state index contributed by atoms with van der Waals surface area (Å²) in [6.45, 7) is 4.70. The van der Waals surface area contributed by atoms with Gasteiger partial charge in [0.2, 0.25) is 0 Å². The highest BCUT2D eigenvalue weighted by Crippen LogP contribution is 2.29. The molecule has 1 N–H and O–H groups in total. The molecule has 0 aliphatic carbocycles. The Bertz CT molecular complexity index is 349. The van der Waals surface area contributed by atoms with Crippen molar-refractivity contribution in [2.75, 3.05) is 18.8 Å². The summed E-state index contributed by atoms with van der Waals surface area (Å²) < 4.78 is 35.5. The standard InChI is InChI=1S/C12H14F3NS/c1-10(11-5-3-2-4-6-11)9-16-7-8-17-12(13,14)15/h2-6,16H,1,7-9H2. The second kappa shape index (κ2) is 6.71. The van der Waals surface area contributed by atoms with Crippen LogP contribution in [0.25, 0.3) is 5.57 Å². The molecule has 1 aromatic carbocycles. The minimum absolute atomic E-state index is 0.0111. The Morgan fingerprint density at radius 1 is 1.24 bits per heavy atom. The third-order valence-electron chi connectivity index (χ3n) is 2.06. The first-order chi connectivity index (χ1) is 7.99. The Hall–Kier alpha value is -0.940. The zero-order valence-corrected chi connectivity index (χ0v) is 10.1. The van der Waals surface area contributed by atoms with E-state index in [9.17, 15) is 13.2 Å². The van der Waals surface area contributed by atoms with Gasteiger partial charge in [0.15, 0.2) is 0 Å². The summed E-state index contributed by atoms with van der Waals surface area (Å²) >= 11 is -0.0111. The van der Waals surface area contributed by atoms with Crippen molar-refractivity contribution in [3.05, 3.63) is 42.5 Å². The lowest BCUT2D eigenvalue weighted by Crippen LogP contribution is -2.20. The Balaban J connectivity index is 2.18. The minimum atomic E-state index is -4.14. The van der Waals surface area contributed by atoms with Gasteiger partial charge in [-0.1, -0.05) is 36.9 Å². The molecule has 5 heteroatoms. The second-order valence-electron chi connectivity index (χ2n) is 3.44. The fraction of sp³-hybridized carbons (Fsp3) is 0.333. The molecule has 94 valence electrons. The average molecular weight is 261 g/mol. The van der Waals surface area contributed by atoms with Gasteiger partial charge in [0, 0.05) is 18.8 Å². The highest BCUT2D eigenvalue weighted by atomic mass is 32.2. The first-order valence-corrected chi connectivity index (χ1v) is 6.12. The Kier molecular flexibility index (Phi) is 5.58. The third kappa shape index (κ3) is 6.38. The van der Waals surface area contributed by atoms with E-state index in [4.69, 9.17) is 0 Å². The maximum atomic E-state index is 11.8. The molecule has 0 aliphatic rings. The molecule has 0 saturated heterocycles. The van der Waals surface area contributed by atoms with Gasteiger partial charge in [-0.2, -0.15) is 13.2 Å². The molecule has 0 unspecified atom stereocenters. The van der Waals surface area contributed by atoms with Crippen molar-refractivity contribution in [3.8, 4) is 0 Å². The highest BCUT2D eigenvalue weighted by Gasteiger charge is 2.27. The van der Waals surface area contributed by atoms with Crippen molar-refractivity contribution < 1.29 is 13.2 Å². The summed E-state index contributed by atoms with van der Waals surface area (Å²) in [7, 11) is 0. The highest BCUT2D eigenvalue weighted by molar-refractivity contribution is 8.00. The number of benzene rings is 1. The molecule has 0 aromatic heterocycles.